The lowest BCUT2D eigenvalue weighted by Crippen LogP contribution is -2.34. The second-order valence-corrected chi connectivity index (χ2v) is 6.03. The average molecular weight is 299 g/mol. The highest BCUT2D eigenvalue weighted by Crippen LogP contribution is 2.34. The Labute approximate surface area is 127 Å². The number of hydrogen-bond acceptors (Lipinski definition) is 3. The highest BCUT2D eigenvalue weighted by Gasteiger charge is 2.42. The molecule has 5 nitrogen and oxygen atoms in total. The van der Waals surface area contributed by atoms with Crippen LogP contribution in [0.15, 0.2) is 36.4 Å². The van der Waals surface area contributed by atoms with E-state index in [0.29, 0.717) is 18.4 Å². The predicted octanol–water partition coefficient (Wildman–Crippen LogP) is 2.48. The van der Waals surface area contributed by atoms with Crippen LogP contribution in [0.1, 0.15) is 23.7 Å². The molecule has 0 aromatic heterocycles. The minimum atomic E-state index is -0.915. The lowest BCUT2D eigenvalue weighted by molar-refractivity contribution is -0.147. The van der Waals surface area contributed by atoms with Crippen molar-refractivity contribution >= 4 is 22.6 Å². The summed E-state index contributed by atoms with van der Waals surface area (Å²) in [6.45, 7) is 2.18. The van der Waals surface area contributed by atoms with E-state index in [1.165, 1.54) is 4.90 Å². The van der Waals surface area contributed by atoms with Crippen LogP contribution in [0, 0.1) is 5.41 Å². The molecule has 0 saturated carbocycles. The second kappa shape index (κ2) is 5.02. The summed E-state index contributed by atoms with van der Waals surface area (Å²) < 4.78 is 0. The number of fused-ring (bicyclic) bond motifs is 1. The number of phenols is 1. The van der Waals surface area contributed by atoms with Crippen LogP contribution in [0.5, 0.6) is 5.75 Å². The first-order valence-corrected chi connectivity index (χ1v) is 7.16. The largest absolute Gasteiger partial charge is 0.506 e. The quantitative estimate of drug-likeness (QED) is 0.893. The molecule has 1 saturated heterocycles. The number of nitrogens with zero attached hydrogens (tertiary/aromatic N) is 1. The molecule has 1 unspecified atom stereocenters. The number of rotatable bonds is 2. The Balaban J connectivity index is 1.94. The molecule has 1 heterocycles. The number of carbonyl (C=O) groups is 2. The van der Waals surface area contributed by atoms with E-state index in [0.717, 1.165) is 5.39 Å². The molecule has 0 spiro atoms. The number of phenolic OH excluding ortho intramolecular Hbond substituents is 1. The van der Waals surface area contributed by atoms with E-state index < -0.39 is 11.4 Å². The second-order valence-electron chi connectivity index (χ2n) is 6.03. The third-order valence-corrected chi connectivity index (χ3v) is 4.41. The van der Waals surface area contributed by atoms with Crippen molar-refractivity contribution in [1.82, 2.24) is 4.90 Å². The van der Waals surface area contributed by atoms with Gasteiger partial charge in [-0.05, 0) is 24.8 Å². The van der Waals surface area contributed by atoms with Gasteiger partial charge in [-0.25, -0.2) is 0 Å². The summed E-state index contributed by atoms with van der Waals surface area (Å²) in [5.41, 5.74) is -0.699. The molecule has 1 aliphatic rings. The molecule has 2 aromatic rings. The Hall–Kier alpha value is -2.56. The van der Waals surface area contributed by atoms with Crippen LogP contribution in [-0.2, 0) is 4.79 Å². The average Bonchev–Trinajstić information content (AvgIpc) is 2.91. The Morgan fingerprint density at radius 2 is 1.91 bits per heavy atom. The lowest BCUT2D eigenvalue weighted by Gasteiger charge is -2.20. The zero-order valence-corrected chi connectivity index (χ0v) is 12.2. The topological polar surface area (TPSA) is 77.8 Å². The van der Waals surface area contributed by atoms with Gasteiger partial charge in [-0.1, -0.05) is 30.3 Å². The highest BCUT2D eigenvalue weighted by atomic mass is 16.4. The minimum absolute atomic E-state index is 0.0490. The van der Waals surface area contributed by atoms with E-state index >= 15 is 0 Å². The number of carboxylic acid groups (broad SMARTS) is 1. The van der Waals surface area contributed by atoms with Crippen molar-refractivity contribution in [2.45, 2.75) is 13.3 Å². The summed E-state index contributed by atoms with van der Waals surface area (Å²) in [5, 5.41) is 21.1. The summed E-state index contributed by atoms with van der Waals surface area (Å²) in [7, 11) is 0. The van der Waals surface area contributed by atoms with Crippen LogP contribution in [0.3, 0.4) is 0 Å². The molecule has 2 N–H and O–H groups in total. The SMILES string of the molecule is CC1(C(=O)O)CCN(C(=O)c2ccc3ccccc3c2O)C1. The van der Waals surface area contributed by atoms with E-state index in [4.69, 9.17) is 0 Å². The third kappa shape index (κ3) is 2.19. The maximum Gasteiger partial charge on any atom is 0.311 e. The molecule has 114 valence electrons. The number of carbonyl (C=O) groups excluding carboxylic acids is 1. The number of benzene rings is 2. The van der Waals surface area contributed by atoms with Crippen molar-refractivity contribution in [3.63, 3.8) is 0 Å². The molecule has 5 heteroatoms. The fraction of sp³-hybridized carbons (Fsp3) is 0.294. The Morgan fingerprint density at radius 3 is 2.59 bits per heavy atom. The molecule has 1 atom stereocenters. The molecular formula is C17H17NO4. The van der Waals surface area contributed by atoms with Crippen LogP contribution in [-0.4, -0.2) is 40.1 Å². The van der Waals surface area contributed by atoms with Gasteiger partial charge >= 0.3 is 5.97 Å². The van der Waals surface area contributed by atoms with Gasteiger partial charge in [0.25, 0.3) is 5.91 Å². The molecular weight excluding hydrogens is 282 g/mol. The van der Waals surface area contributed by atoms with Gasteiger partial charge < -0.3 is 15.1 Å². The monoisotopic (exact) mass is 299 g/mol. The molecule has 2 aromatic carbocycles. The molecule has 1 amide bonds. The Kier molecular flexibility index (Phi) is 3.28. The first kappa shape index (κ1) is 14.4. The van der Waals surface area contributed by atoms with Crippen molar-refractivity contribution in [1.29, 1.82) is 0 Å². The van der Waals surface area contributed by atoms with Crippen LogP contribution in [0.25, 0.3) is 10.8 Å². The molecule has 1 aliphatic heterocycles. The first-order chi connectivity index (χ1) is 10.4. The van der Waals surface area contributed by atoms with Crippen LogP contribution in [0.4, 0.5) is 0 Å². The number of aromatic hydroxyl groups is 1. The van der Waals surface area contributed by atoms with Gasteiger partial charge in [0.05, 0.1) is 11.0 Å². The Morgan fingerprint density at radius 1 is 1.18 bits per heavy atom. The maximum absolute atomic E-state index is 12.6. The fourth-order valence-electron chi connectivity index (χ4n) is 2.91. The van der Waals surface area contributed by atoms with Gasteiger partial charge in [0.15, 0.2) is 0 Å². The van der Waals surface area contributed by atoms with E-state index in [-0.39, 0.29) is 23.8 Å². The van der Waals surface area contributed by atoms with Crippen LogP contribution < -0.4 is 0 Å². The van der Waals surface area contributed by atoms with Crippen molar-refractivity contribution < 1.29 is 19.8 Å². The predicted molar refractivity (Wildman–Crippen MR) is 81.9 cm³/mol. The lowest BCUT2D eigenvalue weighted by atomic mass is 9.90. The first-order valence-electron chi connectivity index (χ1n) is 7.16. The van der Waals surface area contributed by atoms with Gasteiger partial charge in [0.1, 0.15) is 5.75 Å². The van der Waals surface area contributed by atoms with Crippen LogP contribution >= 0.6 is 0 Å². The van der Waals surface area contributed by atoms with Crippen molar-refractivity contribution in [3.05, 3.63) is 42.0 Å². The van der Waals surface area contributed by atoms with Crippen molar-refractivity contribution in [2.75, 3.05) is 13.1 Å². The fourth-order valence-corrected chi connectivity index (χ4v) is 2.91. The zero-order valence-electron chi connectivity index (χ0n) is 12.2. The van der Waals surface area contributed by atoms with Gasteiger partial charge in [0, 0.05) is 18.5 Å². The molecule has 0 bridgehead atoms. The standard InChI is InChI=1S/C17H17NO4/c1-17(16(21)22)8-9-18(10-17)15(20)13-7-6-11-4-2-3-5-12(11)14(13)19/h2-7,19H,8-10H2,1H3,(H,21,22). The van der Waals surface area contributed by atoms with Crippen molar-refractivity contribution in [3.8, 4) is 5.75 Å². The van der Waals surface area contributed by atoms with Gasteiger partial charge in [-0.3, -0.25) is 9.59 Å². The van der Waals surface area contributed by atoms with Gasteiger partial charge in [0.2, 0.25) is 0 Å². The number of aliphatic carboxylic acids is 1. The zero-order chi connectivity index (χ0) is 15.9. The minimum Gasteiger partial charge on any atom is -0.506 e. The summed E-state index contributed by atoms with van der Waals surface area (Å²) in [6.07, 6.45) is 0.419. The van der Waals surface area contributed by atoms with E-state index in [9.17, 15) is 19.8 Å². The Bertz CT molecular complexity index is 770. The molecule has 0 radical (unpaired) electrons. The summed E-state index contributed by atoms with van der Waals surface area (Å²) in [4.78, 5) is 25.4. The third-order valence-electron chi connectivity index (χ3n) is 4.41. The summed E-state index contributed by atoms with van der Waals surface area (Å²) in [5.74, 6) is -1.27. The normalized spacial score (nSPS) is 21.2. The van der Waals surface area contributed by atoms with Crippen LogP contribution in [0.2, 0.25) is 0 Å². The van der Waals surface area contributed by atoms with E-state index in [1.54, 1.807) is 31.2 Å². The molecule has 22 heavy (non-hydrogen) atoms. The van der Waals surface area contributed by atoms with E-state index in [2.05, 4.69) is 0 Å². The number of carboxylic acids is 1. The van der Waals surface area contributed by atoms with Crippen molar-refractivity contribution in [2.24, 2.45) is 5.41 Å². The number of amides is 1. The summed E-state index contributed by atoms with van der Waals surface area (Å²) in [6, 6.07) is 10.7. The van der Waals surface area contributed by atoms with E-state index in [1.807, 2.05) is 12.1 Å². The molecule has 1 fully saturated rings. The molecule has 0 aliphatic carbocycles. The van der Waals surface area contributed by atoms with Gasteiger partial charge in [-0.2, -0.15) is 0 Å². The van der Waals surface area contributed by atoms with Gasteiger partial charge in [-0.15, -0.1) is 0 Å². The smallest absolute Gasteiger partial charge is 0.311 e. The summed E-state index contributed by atoms with van der Waals surface area (Å²) >= 11 is 0. The highest BCUT2D eigenvalue weighted by molar-refractivity contribution is 6.03. The molecule has 3 rings (SSSR count). The number of likely N-dealkylation sites (tertiary alicyclic amines) is 1. The number of hydrogen-bond donors (Lipinski definition) is 2. The maximum atomic E-state index is 12.6.